The molecule has 26 heavy (non-hydrogen) atoms. The van der Waals surface area contributed by atoms with Crippen molar-refractivity contribution in [1.29, 1.82) is 0 Å². The van der Waals surface area contributed by atoms with Crippen molar-refractivity contribution in [3.05, 3.63) is 58.9 Å². The van der Waals surface area contributed by atoms with E-state index in [0.717, 1.165) is 17.5 Å². The number of nitrogens with zero attached hydrogens (tertiary/aromatic N) is 3. The predicted octanol–water partition coefficient (Wildman–Crippen LogP) is 2.61. The zero-order chi connectivity index (χ0) is 18.4. The van der Waals surface area contributed by atoms with E-state index in [9.17, 15) is 9.59 Å². The first-order valence-corrected chi connectivity index (χ1v) is 8.52. The van der Waals surface area contributed by atoms with Gasteiger partial charge in [-0.2, -0.15) is 0 Å². The van der Waals surface area contributed by atoms with Crippen LogP contribution in [0.25, 0.3) is 10.9 Å². The summed E-state index contributed by atoms with van der Waals surface area (Å²) in [5.74, 6) is 0.335. The molecule has 0 aliphatic carbocycles. The Hall–Kier alpha value is -3.22. The average Bonchev–Trinajstić information content (AvgIpc) is 2.65. The van der Waals surface area contributed by atoms with Crippen molar-refractivity contribution in [2.75, 3.05) is 11.9 Å². The predicted molar refractivity (Wildman–Crippen MR) is 99.3 cm³/mol. The van der Waals surface area contributed by atoms with E-state index >= 15 is 0 Å². The zero-order valence-electron chi connectivity index (χ0n) is 14.5. The van der Waals surface area contributed by atoms with Crippen LogP contribution in [-0.2, 0) is 11.3 Å². The molecule has 134 valence electrons. The Morgan fingerprint density at radius 3 is 2.88 bits per heavy atom. The standard InChI is InChI=1S/C19H20N4O3/c1-2-3-11-26-15-8-6-7-14(12-15)20-18(24)13-23-19(25)16-9-4-5-10-17(16)21-22-23/h4-10,12H,2-3,11,13H2,1H3,(H,20,24). The normalized spacial score (nSPS) is 10.7. The summed E-state index contributed by atoms with van der Waals surface area (Å²) in [4.78, 5) is 24.6. The minimum atomic E-state index is -0.359. The molecule has 0 aliphatic heterocycles. The number of nitrogens with one attached hydrogen (secondary N) is 1. The van der Waals surface area contributed by atoms with Gasteiger partial charge in [0, 0.05) is 11.8 Å². The van der Waals surface area contributed by atoms with E-state index < -0.39 is 0 Å². The smallest absolute Gasteiger partial charge is 0.278 e. The van der Waals surface area contributed by atoms with Gasteiger partial charge in [-0.15, -0.1) is 5.10 Å². The summed E-state index contributed by atoms with van der Waals surface area (Å²) in [5.41, 5.74) is 0.763. The Bertz CT molecular complexity index is 968. The molecule has 7 heteroatoms. The van der Waals surface area contributed by atoms with Gasteiger partial charge in [0.1, 0.15) is 17.8 Å². The number of carbonyl (C=O) groups is 1. The van der Waals surface area contributed by atoms with E-state index in [2.05, 4.69) is 22.6 Å². The van der Waals surface area contributed by atoms with Crippen LogP contribution in [-0.4, -0.2) is 27.5 Å². The summed E-state index contributed by atoms with van der Waals surface area (Å²) in [6, 6.07) is 14.1. The van der Waals surface area contributed by atoms with Gasteiger partial charge in [0.05, 0.1) is 12.0 Å². The van der Waals surface area contributed by atoms with Crippen molar-refractivity contribution in [2.45, 2.75) is 26.3 Å². The van der Waals surface area contributed by atoms with Crippen LogP contribution < -0.4 is 15.6 Å². The second-order valence-corrected chi connectivity index (χ2v) is 5.85. The molecule has 0 aliphatic rings. The lowest BCUT2D eigenvalue weighted by Gasteiger charge is -2.09. The van der Waals surface area contributed by atoms with Crippen LogP contribution in [0.3, 0.4) is 0 Å². The molecule has 2 aromatic carbocycles. The highest BCUT2D eigenvalue weighted by molar-refractivity contribution is 5.90. The highest BCUT2D eigenvalue weighted by Crippen LogP contribution is 2.17. The summed E-state index contributed by atoms with van der Waals surface area (Å²) in [6.45, 7) is 2.52. The fourth-order valence-electron chi connectivity index (χ4n) is 2.46. The first-order valence-electron chi connectivity index (χ1n) is 8.52. The van der Waals surface area contributed by atoms with E-state index in [-0.39, 0.29) is 18.0 Å². The maximum atomic E-state index is 12.4. The molecule has 0 spiro atoms. The first-order chi connectivity index (χ1) is 12.7. The van der Waals surface area contributed by atoms with E-state index in [0.29, 0.717) is 28.9 Å². The van der Waals surface area contributed by atoms with Gasteiger partial charge in [0.25, 0.3) is 5.56 Å². The van der Waals surface area contributed by atoms with Crippen LogP contribution in [0.2, 0.25) is 0 Å². The molecule has 1 heterocycles. The fraction of sp³-hybridized carbons (Fsp3) is 0.263. The molecule has 0 saturated heterocycles. The lowest BCUT2D eigenvalue weighted by atomic mass is 10.2. The SMILES string of the molecule is CCCCOc1cccc(NC(=O)Cn2nnc3ccccc3c2=O)c1. The number of hydrogen-bond donors (Lipinski definition) is 1. The number of ether oxygens (including phenoxy) is 1. The van der Waals surface area contributed by atoms with Crippen LogP contribution in [0.1, 0.15) is 19.8 Å². The minimum absolute atomic E-state index is 0.211. The number of anilines is 1. The number of unbranched alkanes of at least 4 members (excludes halogenated alkanes) is 1. The highest BCUT2D eigenvalue weighted by Gasteiger charge is 2.10. The van der Waals surface area contributed by atoms with Crippen molar-refractivity contribution in [2.24, 2.45) is 0 Å². The Morgan fingerprint density at radius 2 is 2.04 bits per heavy atom. The van der Waals surface area contributed by atoms with E-state index in [4.69, 9.17) is 4.74 Å². The molecule has 0 atom stereocenters. The van der Waals surface area contributed by atoms with Gasteiger partial charge in [0.15, 0.2) is 0 Å². The summed E-state index contributed by atoms with van der Waals surface area (Å²) in [5, 5.41) is 11.0. The molecule has 7 nitrogen and oxygen atoms in total. The summed E-state index contributed by atoms with van der Waals surface area (Å²) in [6.07, 6.45) is 2.03. The van der Waals surface area contributed by atoms with Crippen molar-refractivity contribution in [1.82, 2.24) is 15.0 Å². The van der Waals surface area contributed by atoms with E-state index in [1.165, 1.54) is 0 Å². The summed E-state index contributed by atoms with van der Waals surface area (Å²) < 4.78 is 6.68. The van der Waals surface area contributed by atoms with E-state index in [1.807, 2.05) is 6.07 Å². The second-order valence-electron chi connectivity index (χ2n) is 5.85. The number of fused-ring (bicyclic) bond motifs is 1. The van der Waals surface area contributed by atoms with E-state index in [1.54, 1.807) is 42.5 Å². The molecule has 1 N–H and O–H groups in total. The topological polar surface area (TPSA) is 86.1 Å². The Morgan fingerprint density at radius 1 is 1.19 bits per heavy atom. The molecular formula is C19H20N4O3. The van der Waals surface area contributed by atoms with Gasteiger partial charge < -0.3 is 10.1 Å². The lowest BCUT2D eigenvalue weighted by molar-refractivity contribution is -0.117. The number of amides is 1. The van der Waals surface area contributed by atoms with Crippen molar-refractivity contribution >= 4 is 22.5 Å². The molecule has 3 aromatic rings. The van der Waals surface area contributed by atoms with Crippen LogP contribution in [0.15, 0.2) is 53.3 Å². The van der Waals surface area contributed by atoms with Crippen molar-refractivity contribution in [3.63, 3.8) is 0 Å². The number of rotatable bonds is 7. The monoisotopic (exact) mass is 352 g/mol. The second kappa shape index (κ2) is 8.24. The Balaban J connectivity index is 1.68. The number of aromatic nitrogens is 3. The fourth-order valence-corrected chi connectivity index (χ4v) is 2.46. The minimum Gasteiger partial charge on any atom is -0.494 e. The quantitative estimate of drug-likeness (QED) is 0.661. The molecule has 3 rings (SSSR count). The number of benzene rings is 2. The maximum Gasteiger partial charge on any atom is 0.278 e. The first kappa shape index (κ1) is 17.6. The molecule has 0 saturated carbocycles. The lowest BCUT2D eigenvalue weighted by Crippen LogP contribution is -2.30. The summed E-state index contributed by atoms with van der Waals surface area (Å²) >= 11 is 0. The molecule has 1 aromatic heterocycles. The van der Waals surface area contributed by atoms with Gasteiger partial charge in [-0.3, -0.25) is 9.59 Å². The third kappa shape index (κ3) is 4.24. The molecule has 0 bridgehead atoms. The number of hydrogen-bond acceptors (Lipinski definition) is 5. The number of carbonyl (C=O) groups excluding carboxylic acids is 1. The molecular weight excluding hydrogens is 332 g/mol. The van der Waals surface area contributed by atoms with Crippen LogP contribution >= 0.6 is 0 Å². The van der Waals surface area contributed by atoms with Gasteiger partial charge in [-0.05, 0) is 30.7 Å². The summed E-state index contributed by atoms with van der Waals surface area (Å²) in [7, 11) is 0. The molecule has 0 radical (unpaired) electrons. The average molecular weight is 352 g/mol. The highest BCUT2D eigenvalue weighted by atomic mass is 16.5. The van der Waals surface area contributed by atoms with Gasteiger partial charge in [-0.25, -0.2) is 4.68 Å². The largest absolute Gasteiger partial charge is 0.494 e. The van der Waals surface area contributed by atoms with Crippen molar-refractivity contribution < 1.29 is 9.53 Å². The van der Waals surface area contributed by atoms with Gasteiger partial charge in [0.2, 0.25) is 5.91 Å². The maximum absolute atomic E-state index is 12.4. The van der Waals surface area contributed by atoms with Crippen LogP contribution in [0.4, 0.5) is 5.69 Å². The third-order valence-corrected chi connectivity index (χ3v) is 3.81. The van der Waals surface area contributed by atoms with Gasteiger partial charge >= 0.3 is 0 Å². The third-order valence-electron chi connectivity index (χ3n) is 3.81. The van der Waals surface area contributed by atoms with Crippen molar-refractivity contribution in [3.8, 4) is 5.75 Å². The Labute approximate surface area is 150 Å². The zero-order valence-corrected chi connectivity index (χ0v) is 14.5. The molecule has 1 amide bonds. The Kier molecular flexibility index (Phi) is 5.58. The molecule has 0 unspecified atom stereocenters. The molecule has 0 fully saturated rings. The van der Waals surface area contributed by atoms with Crippen LogP contribution in [0.5, 0.6) is 5.75 Å². The van der Waals surface area contributed by atoms with Crippen LogP contribution in [0, 0.1) is 0 Å². The van der Waals surface area contributed by atoms with Gasteiger partial charge in [-0.1, -0.05) is 36.8 Å².